The molecule has 2 rings (SSSR count). The highest BCUT2D eigenvalue weighted by atomic mass is 35.6. The molecular formula is C20H21Cl6NO7P2. The standard InChI is InChI=1S/C20H21Cl6NO7P2/c1-3-31-35(29,32-4-2)20(19(24,25)26,27-17(28)18(21,22)23)36(30,33-15-11-7-5-8-12-15)34-16-13-9-6-10-14-16/h5-14H,3-4H2,1-2H3,(H,27,28). The van der Waals surface area contributed by atoms with Crippen LogP contribution in [0.15, 0.2) is 60.7 Å². The molecule has 1 unspecified atom stereocenters. The molecule has 0 radical (unpaired) electrons. The lowest BCUT2D eigenvalue weighted by Gasteiger charge is -2.45. The molecule has 0 spiro atoms. The van der Waals surface area contributed by atoms with Crippen molar-refractivity contribution in [2.45, 2.75) is 26.5 Å². The van der Waals surface area contributed by atoms with Gasteiger partial charge in [-0.3, -0.25) is 9.36 Å². The predicted octanol–water partition coefficient (Wildman–Crippen LogP) is 8.11. The van der Waals surface area contributed by atoms with Gasteiger partial charge in [-0.05, 0) is 38.1 Å². The highest BCUT2D eigenvalue weighted by Crippen LogP contribution is 2.81. The second-order valence-corrected chi connectivity index (χ2v) is 15.9. The third-order valence-electron chi connectivity index (χ3n) is 4.27. The lowest BCUT2D eigenvalue weighted by molar-refractivity contribution is -0.121. The minimum absolute atomic E-state index is 0.0712. The van der Waals surface area contributed by atoms with Gasteiger partial charge in [0.2, 0.25) is 3.79 Å². The van der Waals surface area contributed by atoms with Crippen molar-refractivity contribution in [2.24, 2.45) is 0 Å². The molecule has 8 nitrogen and oxygen atoms in total. The SMILES string of the molecule is CCOP(=O)(OCC)C(NC(=O)C(Cl)(Cl)Cl)(C(Cl)(Cl)Cl)P(=O)(Oc1ccccc1)Oc1ccccc1. The lowest BCUT2D eigenvalue weighted by Crippen LogP contribution is -2.60. The summed E-state index contributed by atoms with van der Waals surface area (Å²) in [6.45, 7) is 2.26. The molecule has 0 fully saturated rings. The van der Waals surface area contributed by atoms with Crippen molar-refractivity contribution in [1.82, 2.24) is 5.32 Å². The maximum absolute atomic E-state index is 14.9. The van der Waals surface area contributed by atoms with E-state index in [1.54, 1.807) is 36.4 Å². The molecule has 2 aromatic carbocycles. The Morgan fingerprint density at radius 3 is 1.44 bits per heavy atom. The minimum Gasteiger partial charge on any atom is -0.414 e. The van der Waals surface area contributed by atoms with E-state index in [1.807, 2.05) is 5.32 Å². The summed E-state index contributed by atoms with van der Waals surface area (Å²) in [4.78, 5) is 13.0. The van der Waals surface area contributed by atoms with Crippen LogP contribution < -0.4 is 14.4 Å². The molecule has 0 saturated heterocycles. The van der Waals surface area contributed by atoms with Gasteiger partial charge in [0.15, 0.2) is 0 Å². The van der Waals surface area contributed by atoms with E-state index in [0.717, 1.165) is 0 Å². The predicted molar refractivity (Wildman–Crippen MR) is 144 cm³/mol. The molecular weight excluding hydrogens is 641 g/mol. The Hall–Kier alpha value is -0.370. The van der Waals surface area contributed by atoms with Gasteiger partial charge < -0.3 is 23.4 Å². The van der Waals surface area contributed by atoms with Gasteiger partial charge in [0.25, 0.3) is 9.70 Å². The molecule has 1 N–H and O–H groups in total. The van der Waals surface area contributed by atoms with Gasteiger partial charge in [-0.1, -0.05) is 106 Å². The number of carbonyl (C=O) groups excluding carboxylic acids is 1. The zero-order chi connectivity index (χ0) is 27.3. The van der Waals surface area contributed by atoms with E-state index in [0.29, 0.717) is 0 Å². The van der Waals surface area contributed by atoms with Crippen LogP contribution in [-0.4, -0.2) is 31.7 Å². The number of alkyl halides is 6. The monoisotopic (exact) mass is 659 g/mol. The van der Waals surface area contributed by atoms with Crippen molar-refractivity contribution in [3.05, 3.63) is 60.7 Å². The van der Waals surface area contributed by atoms with Crippen molar-refractivity contribution in [2.75, 3.05) is 13.2 Å². The van der Waals surface area contributed by atoms with Gasteiger partial charge in [0.05, 0.1) is 13.2 Å². The Morgan fingerprint density at radius 2 is 1.14 bits per heavy atom. The third-order valence-corrected chi connectivity index (χ3v) is 12.5. The fourth-order valence-corrected chi connectivity index (χ4v) is 10.1. The van der Waals surface area contributed by atoms with Crippen LogP contribution in [0.25, 0.3) is 0 Å². The van der Waals surface area contributed by atoms with Gasteiger partial charge in [-0.25, -0.2) is 4.57 Å². The highest BCUT2D eigenvalue weighted by Gasteiger charge is 2.79. The van der Waals surface area contributed by atoms with Crippen molar-refractivity contribution in [1.29, 1.82) is 0 Å². The molecule has 0 bridgehead atoms. The Kier molecular flexibility index (Phi) is 11.2. The molecule has 0 heterocycles. The second kappa shape index (κ2) is 12.7. The van der Waals surface area contributed by atoms with E-state index < -0.39 is 33.7 Å². The quantitative estimate of drug-likeness (QED) is 0.192. The first-order valence-corrected chi connectivity index (χ1v) is 15.5. The topological polar surface area (TPSA) is 100 Å². The number of amides is 1. The van der Waals surface area contributed by atoms with Crippen LogP contribution in [-0.2, 0) is 23.0 Å². The summed E-state index contributed by atoms with van der Waals surface area (Å²) in [5.74, 6) is -1.62. The van der Waals surface area contributed by atoms with Crippen molar-refractivity contribution < 1.29 is 32.0 Å². The number of rotatable bonds is 11. The van der Waals surface area contributed by atoms with Crippen molar-refractivity contribution in [3.63, 3.8) is 0 Å². The van der Waals surface area contributed by atoms with E-state index in [1.165, 1.54) is 38.1 Å². The van der Waals surface area contributed by atoms with Crippen LogP contribution in [0.5, 0.6) is 11.5 Å². The summed E-state index contributed by atoms with van der Waals surface area (Å²) in [6.07, 6.45) is 0. The van der Waals surface area contributed by atoms with E-state index in [4.69, 9.17) is 87.7 Å². The Bertz CT molecular complexity index is 1060. The molecule has 36 heavy (non-hydrogen) atoms. The average Bonchev–Trinajstić information content (AvgIpc) is 2.77. The summed E-state index contributed by atoms with van der Waals surface area (Å²) in [5, 5.41) is -1.15. The summed E-state index contributed by atoms with van der Waals surface area (Å²) in [6, 6.07) is 15.1. The number of carbonyl (C=O) groups is 1. The molecule has 0 aliphatic heterocycles. The van der Waals surface area contributed by atoms with Gasteiger partial charge in [-0.15, -0.1) is 0 Å². The van der Waals surface area contributed by atoms with Crippen LogP contribution in [0.1, 0.15) is 13.8 Å². The number of hydrogen-bond acceptors (Lipinski definition) is 7. The fraction of sp³-hybridized carbons (Fsp3) is 0.350. The van der Waals surface area contributed by atoms with Gasteiger partial charge >= 0.3 is 20.2 Å². The fourth-order valence-electron chi connectivity index (χ4n) is 2.85. The third kappa shape index (κ3) is 6.98. The first kappa shape index (κ1) is 31.8. The largest absolute Gasteiger partial charge is 0.473 e. The maximum atomic E-state index is 14.9. The second-order valence-electron chi connectivity index (χ2n) is 6.76. The summed E-state index contributed by atoms with van der Waals surface area (Å²) in [5.41, 5.74) is 0. The van der Waals surface area contributed by atoms with Crippen LogP contribution in [0.2, 0.25) is 0 Å². The van der Waals surface area contributed by atoms with Crippen LogP contribution in [0, 0.1) is 0 Å². The van der Waals surface area contributed by atoms with Gasteiger partial charge in [-0.2, -0.15) is 0 Å². The van der Waals surface area contributed by atoms with E-state index in [9.17, 15) is 13.9 Å². The van der Waals surface area contributed by atoms with E-state index in [2.05, 4.69) is 0 Å². The molecule has 200 valence electrons. The normalized spacial score (nSPS) is 14.6. The maximum Gasteiger partial charge on any atom is 0.473 e. The molecule has 2 aromatic rings. The summed E-state index contributed by atoms with van der Waals surface area (Å²) in [7, 11) is -10.3. The molecule has 0 aliphatic rings. The van der Waals surface area contributed by atoms with E-state index >= 15 is 0 Å². The van der Waals surface area contributed by atoms with Crippen molar-refractivity contribution >= 4 is 90.7 Å². The number of nitrogens with one attached hydrogen (secondary N) is 1. The number of para-hydroxylation sites is 2. The summed E-state index contributed by atoms with van der Waals surface area (Å²) >= 11 is 36.3. The van der Waals surface area contributed by atoms with Gasteiger partial charge in [0, 0.05) is 0 Å². The molecule has 1 amide bonds. The van der Waals surface area contributed by atoms with E-state index in [-0.39, 0.29) is 24.7 Å². The Morgan fingerprint density at radius 1 is 0.750 bits per heavy atom. The Labute approximate surface area is 238 Å². The van der Waals surface area contributed by atoms with Crippen LogP contribution >= 0.6 is 84.8 Å². The number of benzene rings is 2. The smallest absolute Gasteiger partial charge is 0.414 e. The van der Waals surface area contributed by atoms with Crippen LogP contribution in [0.3, 0.4) is 0 Å². The zero-order valence-electron chi connectivity index (χ0n) is 18.7. The van der Waals surface area contributed by atoms with Crippen molar-refractivity contribution in [3.8, 4) is 11.5 Å². The zero-order valence-corrected chi connectivity index (χ0v) is 25.0. The summed E-state index contributed by atoms with van der Waals surface area (Å²) < 4.78 is 45.9. The lowest BCUT2D eigenvalue weighted by atomic mass is 10.3. The minimum atomic E-state index is -5.25. The van der Waals surface area contributed by atoms with Crippen LogP contribution in [0.4, 0.5) is 0 Å². The molecule has 0 aliphatic carbocycles. The molecule has 1 atom stereocenters. The molecule has 0 saturated carbocycles. The first-order chi connectivity index (χ1) is 16.7. The molecule has 16 heteroatoms. The number of halogens is 6. The first-order valence-electron chi connectivity index (χ1n) is 10.1. The molecule has 0 aromatic heterocycles. The Balaban J connectivity index is 2.99. The highest BCUT2D eigenvalue weighted by molar-refractivity contribution is 7.75. The average molecular weight is 662 g/mol. The van der Waals surface area contributed by atoms with Gasteiger partial charge in [0.1, 0.15) is 11.5 Å². The number of hydrogen-bond donors (Lipinski definition) is 1.